The number of amides is 1. The minimum atomic E-state index is -0.191. The first-order valence-electron chi connectivity index (χ1n) is 5.45. The molecule has 0 spiro atoms. The highest BCUT2D eigenvalue weighted by atomic mass is 32.2. The molecule has 1 aromatic carbocycles. The number of nitrogens with zero attached hydrogens (tertiary/aromatic N) is 1. The molecule has 2 rings (SSSR count). The van der Waals surface area contributed by atoms with Crippen molar-refractivity contribution in [1.29, 1.82) is 0 Å². The molecule has 0 saturated heterocycles. The molecule has 0 radical (unpaired) electrons. The number of hydrogen-bond donors (Lipinski definition) is 1. The van der Waals surface area contributed by atoms with Crippen LogP contribution in [0.3, 0.4) is 0 Å². The van der Waals surface area contributed by atoms with E-state index >= 15 is 0 Å². The minimum Gasteiger partial charge on any atom is -0.493 e. The van der Waals surface area contributed by atoms with Gasteiger partial charge in [0, 0.05) is 11.3 Å². The summed E-state index contributed by atoms with van der Waals surface area (Å²) in [6.07, 6.45) is 0. The van der Waals surface area contributed by atoms with E-state index in [4.69, 9.17) is 9.47 Å². The molecule has 1 aliphatic heterocycles. The second-order valence-corrected chi connectivity index (χ2v) is 4.64. The first kappa shape index (κ1) is 12.8. The van der Waals surface area contributed by atoms with Crippen molar-refractivity contribution in [2.75, 3.05) is 26.5 Å². The summed E-state index contributed by atoms with van der Waals surface area (Å²) in [5, 5.41) is 3.44. The second-order valence-electron chi connectivity index (χ2n) is 3.56. The summed E-state index contributed by atoms with van der Waals surface area (Å²) in [4.78, 5) is 16.1. The zero-order chi connectivity index (χ0) is 13.0. The Morgan fingerprint density at radius 2 is 2.11 bits per heavy atom. The molecule has 0 bridgehead atoms. The van der Waals surface area contributed by atoms with Crippen molar-refractivity contribution in [2.45, 2.75) is 0 Å². The van der Waals surface area contributed by atoms with Gasteiger partial charge in [0.2, 0.25) is 0 Å². The highest BCUT2D eigenvalue weighted by molar-refractivity contribution is 8.14. The lowest BCUT2D eigenvalue weighted by Gasteiger charge is -2.09. The first-order valence-corrected chi connectivity index (χ1v) is 6.44. The van der Waals surface area contributed by atoms with Gasteiger partial charge < -0.3 is 14.8 Å². The first-order chi connectivity index (χ1) is 8.74. The van der Waals surface area contributed by atoms with E-state index in [-0.39, 0.29) is 5.91 Å². The molecular formula is C12H14N2O3S. The second kappa shape index (κ2) is 5.77. The van der Waals surface area contributed by atoms with Crippen molar-refractivity contribution in [3.05, 3.63) is 23.8 Å². The van der Waals surface area contributed by atoms with Crippen LogP contribution in [0.25, 0.3) is 0 Å². The number of carbonyl (C=O) groups excluding carboxylic acids is 1. The summed E-state index contributed by atoms with van der Waals surface area (Å²) >= 11 is 1.55. The molecule has 0 aliphatic carbocycles. The van der Waals surface area contributed by atoms with Crippen molar-refractivity contribution in [3.63, 3.8) is 0 Å². The molecule has 1 amide bonds. The van der Waals surface area contributed by atoms with Crippen LogP contribution in [0.1, 0.15) is 10.4 Å². The maximum atomic E-state index is 12.0. The lowest BCUT2D eigenvalue weighted by molar-refractivity contribution is 0.0977. The number of hydrogen-bond acceptors (Lipinski definition) is 5. The average molecular weight is 266 g/mol. The number of nitrogens with one attached hydrogen (secondary N) is 1. The largest absolute Gasteiger partial charge is 0.493 e. The quantitative estimate of drug-likeness (QED) is 0.901. The van der Waals surface area contributed by atoms with Gasteiger partial charge in [-0.05, 0) is 18.2 Å². The predicted molar refractivity (Wildman–Crippen MR) is 71.8 cm³/mol. The third-order valence-corrected chi connectivity index (χ3v) is 3.34. The van der Waals surface area contributed by atoms with Gasteiger partial charge in [0.25, 0.3) is 5.91 Å². The van der Waals surface area contributed by atoms with Gasteiger partial charge in [0.05, 0.1) is 20.8 Å². The summed E-state index contributed by atoms with van der Waals surface area (Å²) in [7, 11) is 3.10. The zero-order valence-corrected chi connectivity index (χ0v) is 11.0. The van der Waals surface area contributed by atoms with Gasteiger partial charge in [-0.25, -0.2) is 0 Å². The molecule has 96 valence electrons. The van der Waals surface area contributed by atoms with Gasteiger partial charge in [-0.1, -0.05) is 11.8 Å². The average Bonchev–Trinajstić information content (AvgIpc) is 2.90. The van der Waals surface area contributed by atoms with Gasteiger partial charge in [-0.15, -0.1) is 0 Å². The third kappa shape index (κ3) is 2.76. The third-order valence-electron chi connectivity index (χ3n) is 2.45. The molecule has 0 fully saturated rings. The molecule has 0 unspecified atom stereocenters. The standard InChI is InChI=1S/C12H14N2O3S/c1-16-9-4-3-8(7-10(9)17-2)11(15)14-12-13-5-6-18-12/h3-4,7H,5-6H2,1-2H3,(H,13,14,15). The van der Waals surface area contributed by atoms with Crippen LogP contribution in [0.2, 0.25) is 0 Å². The molecule has 0 atom stereocenters. The number of amidine groups is 1. The molecule has 0 saturated carbocycles. The molecular weight excluding hydrogens is 252 g/mol. The van der Waals surface area contributed by atoms with Gasteiger partial charge in [0.1, 0.15) is 0 Å². The Labute approximate surface area is 110 Å². The maximum absolute atomic E-state index is 12.0. The summed E-state index contributed by atoms with van der Waals surface area (Å²) in [6.45, 7) is 0.756. The van der Waals surface area contributed by atoms with Crippen LogP contribution in [0.15, 0.2) is 23.2 Å². The maximum Gasteiger partial charge on any atom is 0.257 e. The van der Waals surface area contributed by atoms with Crippen LogP contribution in [0, 0.1) is 0 Å². The molecule has 5 nitrogen and oxygen atoms in total. The fraction of sp³-hybridized carbons (Fsp3) is 0.333. The normalized spacial score (nSPS) is 14.0. The lowest BCUT2D eigenvalue weighted by atomic mass is 10.2. The van der Waals surface area contributed by atoms with Crippen molar-refractivity contribution >= 4 is 22.8 Å². The van der Waals surface area contributed by atoms with Crippen LogP contribution >= 0.6 is 11.8 Å². The lowest BCUT2D eigenvalue weighted by Crippen LogP contribution is -2.27. The van der Waals surface area contributed by atoms with Crippen LogP contribution in [-0.2, 0) is 0 Å². The Morgan fingerprint density at radius 3 is 2.72 bits per heavy atom. The monoisotopic (exact) mass is 266 g/mol. The summed E-state index contributed by atoms with van der Waals surface area (Å²) in [6, 6.07) is 5.04. The van der Waals surface area contributed by atoms with Crippen LogP contribution < -0.4 is 14.8 Å². The van der Waals surface area contributed by atoms with Crippen molar-refractivity contribution in [3.8, 4) is 11.5 Å². The Balaban J connectivity index is 2.14. The number of rotatable bonds is 3. The number of thioether (sulfide) groups is 1. The summed E-state index contributed by atoms with van der Waals surface area (Å²) in [5.74, 6) is 1.86. The minimum absolute atomic E-state index is 0.191. The van der Waals surface area contributed by atoms with E-state index in [0.29, 0.717) is 22.2 Å². The predicted octanol–water partition coefficient (Wildman–Crippen LogP) is 1.54. The van der Waals surface area contributed by atoms with Crippen molar-refractivity contribution < 1.29 is 14.3 Å². The van der Waals surface area contributed by atoms with Crippen LogP contribution in [0.5, 0.6) is 11.5 Å². The number of carbonyl (C=O) groups is 1. The van der Waals surface area contributed by atoms with E-state index in [9.17, 15) is 4.79 Å². The van der Waals surface area contributed by atoms with E-state index in [1.807, 2.05) is 0 Å². The number of aliphatic imine (C=N–C) groups is 1. The Bertz CT molecular complexity index is 488. The highest BCUT2D eigenvalue weighted by Gasteiger charge is 2.14. The molecule has 6 heteroatoms. The SMILES string of the molecule is COc1ccc(C(=O)NC2=NCCS2)cc1OC. The zero-order valence-electron chi connectivity index (χ0n) is 10.2. The van der Waals surface area contributed by atoms with E-state index in [0.717, 1.165) is 12.3 Å². The molecule has 1 N–H and O–H groups in total. The van der Waals surface area contributed by atoms with Crippen molar-refractivity contribution in [1.82, 2.24) is 5.32 Å². The Kier molecular flexibility index (Phi) is 4.09. The van der Waals surface area contributed by atoms with E-state index < -0.39 is 0 Å². The summed E-state index contributed by atoms with van der Waals surface area (Å²) < 4.78 is 10.3. The molecule has 18 heavy (non-hydrogen) atoms. The highest BCUT2D eigenvalue weighted by Crippen LogP contribution is 2.27. The Morgan fingerprint density at radius 1 is 1.33 bits per heavy atom. The van der Waals surface area contributed by atoms with E-state index in [2.05, 4.69) is 10.3 Å². The van der Waals surface area contributed by atoms with E-state index in [1.54, 1.807) is 37.1 Å². The topological polar surface area (TPSA) is 59.9 Å². The smallest absolute Gasteiger partial charge is 0.257 e. The van der Waals surface area contributed by atoms with E-state index in [1.165, 1.54) is 7.11 Å². The number of ether oxygens (including phenoxy) is 2. The summed E-state index contributed by atoms with van der Waals surface area (Å²) in [5.41, 5.74) is 0.517. The van der Waals surface area contributed by atoms with Crippen LogP contribution in [0.4, 0.5) is 0 Å². The molecule has 1 aromatic rings. The number of methoxy groups -OCH3 is 2. The van der Waals surface area contributed by atoms with Gasteiger partial charge in [-0.2, -0.15) is 0 Å². The Hall–Kier alpha value is -1.69. The molecule has 1 heterocycles. The molecule has 0 aromatic heterocycles. The van der Waals surface area contributed by atoms with Gasteiger partial charge in [-0.3, -0.25) is 9.79 Å². The fourth-order valence-corrected chi connectivity index (χ4v) is 2.28. The number of benzene rings is 1. The van der Waals surface area contributed by atoms with Crippen molar-refractivity contribution in [2.24, 2.45) is 4.99 Å². The molecule has 1 aliphatic rings. The fourth-order valence-electron chi connectivity index (χ4n) is 1.56. The van der Waals surface area contributed by atoms with Gasteiger partial charge in [0.15, 0.2) is 16.7 Å². The van der Waals surface area contributed by atoms with Gasteiger partial charge >= 0.3 is 0 Å². The van der Waals surface area contributed by atoms with Crippen LogP contribution in [-0.4, -0.2) is 37.6 Å².